The topological polar surface area (TPSA) is 91.2 Å². The Morgan fingerprint density at radius 3 is 2.42 bits per heavy atom. The Morgan fingerprint density at radius 1 is 1.00 bits per heavy atom. The van der Waals surface area contributed by atoms with Gasteiger partial charge in [0.2, 0.25) is 0 Å². The zero-order chi connectivity index (χ0) is 23.8. The number of carbonyl (C=O) groups excluding carboxylic acids is 2. The molecule has 0 spiro atoms. The fourth-order valence-corrected chi connectivity index (χ4v) is 3.11. The van der Waals surface area contributed by atoms with Crippen LogP contribution in [0.3, 0.4) is 0 Å². The molecule has 2 N–H and O–H groups in total. The van der Waals surface area contributed by atoms with Crippen LogP contribution in [0, 0.1) is 17.1 Å². The number of halogens is 3. The summed E-state index contributed by atoms with van der Waals surface area (Å²) in [5.74, 6) is -1.23. The van der Waals surface area contributed by atoms with Crippen LogP contribution in [0.25, 0.3) is 6.08 Å². The van der Waals surface area contributed by atoms with E-state index in [0.29, 0.717) is 22.0 Å². The predicted molar refractivity (Wildman–Crippen MR) is 126 cm³/mol. The van der Waals surface area contributed by atoms with E-state index in [1.165, 1.54) is 42.5 Å². The Hall–Kier alpha value is -3.86. The Balaban J connectivity index is 1.63. The van der Waals surface area contributed by atoms with E-state index in [0.717, 1.165) is 0 Å². The fraction of sp³-hybridized carbons (Fsp3) is 0.0417. The third-order valence-corrected chi connectivity index (χ3v) is 4.73. The van der Waals surface area contributed by atoms with Crippen LogP contribution in [-0.2, 0) is 9.59 Å². The van der Waals surface area contributed by atoms with Crippen molar-refractivity contribution in [3.05, 3.63) is 93.7 Å². The first kappa shape index (κ1) is 23.8. The van der Waals surface area contributed by atoms with Gasteiger partial charge in [-0.05, 0) is 66.2 Å². The molecule has 0 bridgehead atoms. The highest BCUT2D eigenvalue weighted by Gasteiger charge is 2.12. The highest BCUT2D eigenvalue weighted by atomic mass is 35.5. The first-order valence-electron chi connectivity index (χ1n) is 9.50. The standard InChI is InChI=1S/C24H16Cl2FN3O3/c25-17-2-1-3-20(12-17)30-24(32)16(13-28)10-15-4-9-22(21(26)11-15)33-14-23(31)29-19-7-5-18(27)6-8-19/h1-12H,14H2,(H,29,31)(H,30,32). The molecule has 0 saturated carbocycles. The normalized spacial score (nSPS) is 10.8. The van der Waals surface area contributed by atoms with Gasteiger partial charge in [-0.2, -0.15) is 5.26 Å². The Morgan fingerprint density at radius 2 is 1.76 bits per heavy atom. The minimum absolute atomic E-state index is 0.140. The van der Waals surface area contributed by atoms with Crippen LogP contribution in [0.15, 0.2) is 72.3 Å². The summed E-state index contributed by atoms with van der Waals surface area (Å²) in [6.07, 6.45) is 1.37. The van der Waals surface area contributed by atoms with E-state index in [1.807, 2.05) is 6.07 Å². The van der Waals surface area contributed by atoms with Gasteiger partial charge < -0.3 is 15.4 Å². The summed E-state index contributed by atoms with van der Waals surface area (Å²) in [5.41, 5.74) is 1.23. The average molecular weight is 484 g/mol. The van der Waals surface area contributed by atoms with E-state index in [-0.39, 0.29) is 23.0 Å². The molecule has 0 radical (unpaired) electrons. The highest BCUT2D eigenvalue weighted by molar-refractivity contribution is 6.32. The minimum Gasteiger partial charge on any atom is -0.482 e. The first-order valence-corrected chi connectivity index (χ1v) is 10.3. The molecule has 9 heteroatoms. The lowest BCUT2D eigenvalue weighted by atomic mass is 10.1. The molecule has 0 unspecified atom stereocenters. The third-order valence-electron chi connectivity index (χ3n) is 4.20. The van der Waals surface area contributed by atoms with Gasteiger partial charge in [-0.3, -0.25) is 9.59 Å². The molecule has 0 fully saturated rings. The lowest BCUT2D eigenvalue weighted by molar-refractivity contribution is -0.118. The number of anilines is 2. The number of benzene rings is 3. The van der Waals surface area contributed by atoms with Crippen LogP contribution in [0.2, 0.25) is 10.0 Å². The molecule has 6 nitrogen and oxygen atoms in total. The summed E-state index contributed by atoms with van der Waals surface area (Å²) in [4.78, 5) is 24.4. The summed E-state index contributed by atoms with van der Waals surface area (Å²) < 4.78 is 18.4. The van der Waals surface area contributed by atoms with Crippen molar-refractivity contribution >= 4 is 52.5 Å². The lowest BCUT2D eigenvalue weighted by Crippen LogP contribution is -2.20. The number of carbonyl (C=O) groups is 2. The molecule has 3 aromatic rings. The number of hydrogen-bond acceptors (Lipinski definition) is 4. The second kappa shape index (κ2) is 11.1. The number of ether oxygens (including phenoxy) is 1. The van der Waals surface area contributed by atoms with Crippen LogP contribution in [0.4, 0.5) is 15.8 Å². The van der Waals surface area contributed by atoms with Gasteiger partial charge in [-0.15, -0.1) is 0 Å². The van der Waals surface area contributed by atoms with Crippen molar-refractivity contribution in [2.75, 3.05) is 17.2 Å². The third kappa shape index (κ3) is 7.07. The van der Waals surface area contributed by atoms with Crippen molar-refractivity contribution in [2.24, 2.45) is 0 Å². The molecule has 166 valence electrons. The maximum Gasteiger partial charge on any atom is 0.266 e. The molecule has 3 aromatic carbocycles. The highest BCUT2D eigenvalue weighted by Crippen LogP contribution is 2.27. The van der Waals surface area contributed by atoms with Gasteiger partial charge in [0.15, 0.2) is 6.61 Å². The molecule has 0 atom stereocenters. The predicted octanol–water partition coefficient (Wildman–Crippen LogP) is 5.70. The summed E-state index contributed by atoms with van der Waals surface area (Å²) in [6, 6.07) is 18.3. The van der Waals surface area contributed by atoms with Gasteiger partial charge in [0.1, 0.15) is 23.2 Å². The van der Waals surface area contributed by atoms with E-state index in [1.54, 1.807) is 30.3 Å². The van der Waals surface area contributed by atoms with E-state index in [2.05, 4.69) is 10.6 Å². The molecule has 33 heavy (non-hydrogen) atoms. The van der Waals surface area contributed by atoms with Crippen molar-refractivity contribution in [1.29, 1.82) is 5.26 Å². The molecule has 0 heterocycles. The van der Waals surface area contributed by atoms with Gasteiger partial charge in [0.25, 0.3) is 11.8 Å². The monoisotopic (exact) mass is 483 g/mol. The molecule has 0 saturated heterocycles. The van der Waals surface area contributed by atoms with Crippen LogP contribution in [-0.4, -0.2) is 18.4 Å². The molecule has 0 aromatic heterocycles. The van der Waals surface area contributed by atoms with Crippen molar-refractivity contribution in [3.8, 4) is 11.8 Å². The largest absolute Gasteiger partial charge is 0.482 e. The second-order valence-corrected chi connectivity index (χ2v) is 7.51. The van der Waals surface area contributed by atoms with Gasteiger partial charge in [-0.25, -0.2) is 4.39 Å². The number of nitrogens with zero attached hydrogens (tertiary/aromatic N) is 1. The maximum atomic E-state index is 12.9. The van der Waals surface area contributed by atoms with Crippen molar-refractivity contribution in [2.45, 2.75) is 0 Å². The van der Waals surface area contributed by atoms with Crippen molar-refractivity contribution in [3.63, 3.8) is 0 Å². The maximum absolute atomic E-state index is 12.9. The molecule has 0 aliphatic heterocycles. The number of hydrogen-bond donors (Lipinski definition) is 2. The Bertz CT molecular complexity index is 1250. The zero-order valence-electron chi connectivity index (χ0n) is 16.9. The average Bonchev–Trinajstić information content (AvgIpc) is 2.78. The van der Waals surface area contributed by atoms with E-state index < -0.39 is 17.6 Å². The summed E-state index contributed by atoms with van der Waals surface area (Å²) in [7, 11) is 0. The summed E-state index contributed by atoms with van der Waals surface area (Å²) in [5, 5.41) is 15.2. The minimum atomic E-state index is -0.603. The van der Waals surface area contributed by atoms with Gasteiger partial charge >= 0.3 is 0 Å². The van der Waals surface area contributed by atoms with Crippen LogP contribution >= 0.6 is 23.2 Å². The number of nitriles is 1. The number of nitrogens with one attached hydrogen (secondary N) is 2. The Labute approximate surface area is 199 Å². The summed E-state index contributed by atoms with van der Waals surface area (Å²) >= 11 is 12.1. The van der Waals surface area contributed by atoms with Crippen LogP contribution < -0.4 is 15.4 Å². The quantitative estimate of drug-likeness (QED) is 0.333. The molecule has 2 amide bonds. The molecule has 0 aliphatic carbocycles. The molecule has 0 aliphatic rings. The molecular weight excluding hydrogens is 468 g/mol. The number of rotatable bonds is 7. The molecular formula is C24H16Cl2FN3O3. The SMILES string of the molecule is N#CC(=Cc1ccc(OCC(=O)Nc2ccc(F)cc2)c(Cl)c1)C(=O)Nc1cccc(Cl)c1. The smallest absolute Gasteiger partial charge is 0.266 e. The lowest BCUT2D eigenvalue weighted by Gasteiger charge is -2.10. The van der Waals surface area contributed by atoms with Crippen molar-refractivity contribution < 1.29 is 18.7 Å². The van der Waals surface area contributed by atoms with Crippen LogP contribution in [0.1, 0.15) is 5.56 Å². The van der Waals surface area contributed by atoms with Crippen LogP contribution in [0.5, 0.6) is 5.75 Å². The fourth-order valence-electron chi connectivity index (χ4n) is 2.68. The van der Waals surface area contributed by atoms with E-state index in [9.17, 15) is 19.2 Å². The van der Waals surface area contributed by atoms with E-state index >= 15 is 0 Å². The second-order valence-electron chi connectivity index (χ2n) is 6.67. The number of amides is 2. The van der Waals surface area contributed by atoms with Gasteiger partial charge in [-0.1, -0.05) is 35.3 Å². The Kier molecular flexibility index (Phi) is 8.03. The first-order chi connectivity index (χ1) is 15.8. The van der Waals surface area contributed by atoms with E-state index in [4.69, 9.17) is 27.9 Å². The summed E-state index contributed by atoms with van der Waals surface area (Å²) in [6.45, 7) is -0.322. The zero-order valence-corrected chi connectivity index (χ0v) is 18.5. The van der Waals surface area contributed by atoms with Crippen molar-refractivity contribution in [1.82, 2.24) is 0 Å². The molecule has 3 rings (SSSR count). The van der Waals surface area contributed by atoms with Gasteiger partial charge in [0.05, 0.1) is 5.02 Å². The van der Waals surface area contributed by atoms with Gasteiger partial charge in [0, 0.05) is 16.4 Å².